The largest absolute Gasteiger partial charge is 0.416 e. The maximum Gasteiger partial charge on any atom is 0.416 e. The molecule has 1 unspecified atom stereocenters. The Bertz CT molecular complexity index is 1270. The highest BCUT2D eigenvalue weighted by atomic mass is 19.4. The fraction of sp³-hybridized carbons (Fsp3) is 0.269. The molecule has 0 aliphatic carbocycles. The van der Waals surface area contributed by atoms with E-state index in [1.807, 2.05) is 32.9 Å². The van der Waals surface area contributed by atoms with E-state index in [4.69, 9.17) is 0 Å². The predicted octanol–water partition coefficient (Wildman–Crippen LogP) is 5.95. The molecule has 1 aliphatic rings. The Kier molecular flexibility index (Phi) is 9.42. The Hall–Kier alpha value is -4.15. The Morgan fingerprint density at radius 3 is 2.54 bits per heavy atom. The summed E-state index contributed by atoms with van der Waals surface area (Å²) in [5.41, 5.74) is 4.70. The summed E-state index contributed by atoms with van der Waals surface area (Å²) in [4.78, 5) is 16.9. The highest BCUT2D eigenvalue weighted by Crippen LogP contribution is 2.31. The van der Waals surface area contributed by atoms with Crippen LogP contribution in [0.3, 0.4) is 0 Å². The Balaban J connectivity index is 0.00000186. The highest BCUT2D eigenvalue weighted by Gasteiger charge is 2.30. The van der Waals surface area contributed by atoms with Crippen LogP contribution in [0.5, 0.6) is 0 Å². The first-order valence-corrected chi connectivity index (χ1v) is 11.7. The second-order valence-corrected chi connectivity index (χ2v) is 7.54. The topological polar surface area (TPSA) is 86.9 Å². The number of aryl methyl sites for hydroxylation is 1. The highest BCUT2D eigenvalue weighted by molar-refractivity contribution is 6.10. The summed E-state index contributed by atoms with van der Waals surface area (Å²) in [6, 6.07) is 13.6. The second-order valence-electron chi connectivity index (χ2n) is 7.54. The second kappa shape index (κ2) is 12.7. The lowest BCUT2D eigenvalue weighted by Crippen LogP contribution is -2.31. The van der Waals surface area contributed by atoms with Crippen LogP contribution in [-0.2, 0) is 12.6 Å². The van der Waals surface area contributed by atoms with Gasteiger partial charge in [0.2, 0.25) is 5.96 Å². The number of pyridine rings is 2. The molecule has 1 aromatic carbocycles. The molecule has 3 aromatic rings. The van der Waals surface area contributed by atoms with Crippen LogP contribution in [0.1, 0.15) is 43.4 Å². The van der Waals surface area contributed by atoms with Crippen molar-refractivity contribution in [3.05, 3.63) is 83.4 Å². The SMILES string of the molecule is CC.CCc1cccc(C2=NC(N/N=C/c3ccc(Nc4cccc(C(F)(F)F)c4)cn3)=NCC2F)n1. The molecule has 3 heterocycles. The van der Waals surface area contributed by atoms with Crippen LogP contribution in [0.15, 0.2) is 75.9 Å². The van der Waals surface area contributed by atoms with Gasteiger partial charge in [0.25, 0.3) is 0 Å². The molecule has 0 saturated heterocycles. The maximum atomic E-state index is 14.4. The number of benzene rings is 1. The molecule has 2 aromatic heterocycles. The van der Waals surface area contributed by atoms with E-state index in [1.54, 1.807) is 18.2 Å². The zero-order valence-corrected chi connectivity index (χ0v) is 20.6. The van der Waals surface area contributed by atoms with Crippen LogP contribution in [0, 0.1) is 0 Å². The molecule has 0 amide bonds. The first-order chi connectivity index (χ1) is 17.8. The van der Waals surface area contributed by atoms with Crippen molar-refractivity contribution in [1.29, 1.82) is 0 Å². The zero-order valence-electron chi connectivity index (χ0n) is 20.6. The minimum absolute atomic E-state index is 0.0944. The smallest absolute Gasteiger partial charge is 0.354 e. The number of aliphatic imine (C=N–C) groups is 2. The van der Waals surface area contributed by atoms with E-state index in [1.165, 1.54) is 24.5 Å². The number of rotatable bonds is 6. The number of hydrogen-bond donors (Lipinski definition) is 2. The monoisotopic (exact) mass is 513 g/mol. The first kappa shape index (κ1) is 27.4. The minimum atomic E-state index is -4.42. The lowest BCUT2D eigenvalue weighted by molar-refractivity contribution is -0.137. The zero-order chi connectivity index (χ0) is 26.8. The van der Waals surface area contributed by atoms with Crippen molar-refractivity contribution in [3.8, 4) is 0 Å². The summed E-state index contributed by atoms with van der Waals surface area (Å²) in [7, 11) is 0. The van der Waals surface area contributed by atoms with Crippen LogP contribution in [-0.4, -0.2) is 40.6 Å². The van der Waals surface area contributed by atoms with Gasteiger partial charge in [0.15, 0.2) is 6.17 Å². The van der Waals surface area contributed by atoms with Crippen LogP contribution >= 0.6 is 0 Å². The molecular weight excluding hydrogens is 486 g/mol. The average Bonchev–Trinajstić information content (AvgIpc) is 2.91. The molecule has 0 fully saturated rings. The number of halogens is 4. The molecule has 11 heteroatoms. The number of aromatic nitrogens is 2. The van der Waals surface area contributed by atoms with Gasteiger partial charge in [-0.15, -0.1) is 0 Å². The van der Waals surface area contributed by atoms with Gasteiger partial charge in [-0.3, -0.25) is 9.97 Å². The molecule has 2 N–H and O–H groups in total. The van der Waals surface area contributed by atoms with Crippen LogP contribution < -0.4 is 10.7 Å². The minimum Gasteiger partial charge on any atom is -0.354 e. The van der Waals surface area contributed by atoms with Gasteiger partial charge in [-0.05, 0) is 48.9 Å². The standard InChI is InChI=1S/C24H21F4N7.C2H6/c1-2-16-6-4-8-21(33-16)22-20(25)14-30-23(34-22)35-31-13-18-9-10-19(12-29-18)32-17-7-3-5-15(11-17)24(26,27)28;1-2/h3-13,20,32H,2,14H2,1H3,(H,30,35);1-2H3/b31-13+;. The number of alkyl halides is 4. The summed E-state index contributed by atoms with van der Waals surface area (Å²) in [5, 5.41) is 6.92. The van der Waals surface area contributed by atoms with E-state index in [-0.39, 0.29) is 18.2 Å². The molecule has 194 valence electrons. The van der Waals surface area contributed by atoms with E-state index >= 15 is 0 Å². The summed E-state index contributed by atoms with van der Waals surface area (Å²) >= 11 is 0. The molecule has 1 aliphatic heterocycles. The van der Waals surface area contributed by atoms with Gasteiger partial charge in [-0.1, -0.05) is 32.9 Å². The van der Waals surface area contributed by atoms with E-state index < -0.39 is 17.9 Å². The molecular formula is C26H27F4N7. The average molecular weight is 514 g/mol. The van der Waals surface area contributed by atoms with Gasteiger partial charge in [0.05, 0.1) is 41.6 Å². The van der Waals surface area contributed by atoms with Gasteiger partial charge < -0.3 is 5.32 Å². The van der Waals surface area contributed by atoms with E-state index in [0.717, 1.165) is 24.2 Å². The van der Waals surface area contributed by atoms with E-state index in [0.29, 0.717) is 22.8 Å². The summed E-state index contributed by atoms with van der Waals surface area (Å²) in [6.07, 6.45) is -2.16. The molecule has 0 bridgehead atoms. The molecule has 0 spiro atoms. The lowest BCUT2D eigenvalue weighted by atomic mass is 10.1. The summed E-state index contributed by atoms with van der Waals surface area (Å²) in [5.74, 6) is 0.150. The van der Waals surface area contributed by atoms with Gasteiger partial charge >= 0.3 is 6.18 Å². The summed E-state index contributed by atoms with van der Waals surface area (Å²) in [6.45, 7) is 5.87. The number of nitrogens with zero attached hydrogens (tertiary/aromatic N) is 5. The van der Waals surface area contributed by atoms with Gasteiger partial charge in [0.1, 0.15) is 5.71 Å². The Morgan fingerprint density at radius 2 is 1.84 bits per heavy atom. The Labute approximate surface area is 212 Å². The number of guanidine groups is 1. The quantitative estimate of drug-likeness (QED) is 0.242. The number of nitrogens with one attached hydrogen (secondary N) is 2. The van der Waals surface area contributed by atoms with Crippen LogP contribution in [0.4, 0.5) is 28.9 Å². The third-order valence-corrected chi connectivity index (χ3v) is 4.98. The van der Waals surface area contributed by atoms with Crippen molar-refractivity contribution < 1.29 is 17.6 Å². The third kappa shape index (κ3) is 7.66. The van der Waals surface area contributed by atoms with E-state index in [2.05, 4.69) is 35.8 Å². The van der Waals surface area contributed by atoms with Crippen molar-refractivity contribution in [3.63, 3.8) is 0 Å². The first-order valence-electron chi connectivity index (χ1n) is 11.7. The molecule has 0 radical (unpaired) electrons. The number of hydrazone groups is 1. The maximum absolute atomic E-state index is 14.4. The normalized spacial score (nSPS) is 15.4. The molecule has 4 rings (SSSR count). The predicted molar refractivity (Wildman–Crippen MR) is 138 cm³/mol. The molecule has 0 saturated carbocycles. The molecule has 1 atom stereocenters. The number of anilines is 2. The summed E-state index contributed by atoms with van der Waals surface area (Å²) < 4.78 is 53.0. The van der Waals surface area contributed by atoms with Crippen molar-refractivity contribution in [2.24, 2.45) is 15.1 Å². The lowest BCUT2D eigenvalue weighted by Gasteiger charge is -2.15. The van der Waals surface area contributed by atoms with Gasteiger partial charge in [-0.25, -0.2) is 19.8 Å². The fourth-order valence-electron chi connectivity index (χ4n) is 3.22. The molecule has 7 nitrogen and oxygen atoms in total. The van der Waals surface area contributed by atoms with Crippen molar-refractivity contribution in [2.75, 3.05) is 11.9 Å². The van der Waals surface area contributed by atoms with Crippen LogP contribution in [0.25, 0.3) is 0 Å². The molecule has 37 heavy (non-hydrogen) atoms. The third-order valence-electron chi connectivity index (χ3n) is 4.98. The van der Waals surface area contributed by atoms with E-state index in [9.17, 15) is 17.6 Å². The fourth-order valence-corrected chi connectivity index (χ4v) is 3.22. The van der Waals surface area contributed by atoms with Crippen LogP contribution in [0.2, 0.25) is 0 Å². The van der Waals surface area contributed by atoms with Gasteiger partial charge in [0, 0.05) is 11.4 Å². The number of hydrogen-bond acceptors (Lipinski definition) is 7. The van der Waals surface area contributed by atoms with Crippen molar-refractivity contribution in [1.82, 2.24) is 15.4 Å². The Morgan fingerprint density at radius 1 is 1.05 bits per heavy atom. The van der Waals surface area contributed by atoms with Crippen molar-refractivity contribution in [2.45, 2.75) is 39.5 Å². The van der Waals surface area contributed by atoms with Gasteiger partial charge in [-0.2, -0.15) is 18.3 Å². The van der Waals surface area contributed by atoms with Crippen molar-refractivity contribution >= 4 is 29.3 Å².